The first-order valence-electron chi connectivity index (χ1n) is 8.93. The van der Waals surface area contributed by atoms with E-state index in [1.807, 2.05) is 30.3 Å². The van der Waals surface area contributed by atoms with E-state index in [1.165, 1.54) is 28.3 Å². The highest BCUT2D eigenvalue weighted by atomic mass is 32.1. The summed E-state index contributed by atoms with van der Waals surface area (Å²) < 4.78 is 1.32. The van der Waals surface area contributed by atoms with E-state index >= 15 is 0 Å². The van der Waals surface area contributed by atoms with Crippen molar-refractivity contribution >= 4 is 22.2 Å². The van der Waals surface area contributed by atoms with E-state index in [0.717, 1.165) is 36.3 Å². The third-order valence-corrected chi connectivity index (χ3v) is 5.70. The van der Waals surface area contributed by atoms with Crippen LogP contribution in [0.25, 0.3) is 15.5 Å². The Morgan fingerprint density at radius 2 is 1.96 bits per heavy atom. The minimum atomic E-state index is -0.227. The summed E-state index contributed by atoms with van der Waals surface area (Å²) >= 11 is 1.37. The SMILES string of the molecule is O=C(NCc1cc(=O)n2nc(-c3ccccc3)sc2n1)C1CCCCC1. The lowest BCUT2D eigenvalue weighted by atomic mass is 9.89. The van der Waals surface area contributed by atoms with Crippen molar-refractivity contribution < 1.29 is 4.79 Å². The second kappa shape index (κ2) is 7.37. The summed E-state index contributed by atoms with van der Waals surface area (Å²) in [5, 5.41) is 8.05. The molecule has 2 aromatic heterocycles. The van der Waals surface area contributed by atoms with Crippen molar-refractivity contribution in [1.82, 2.24) is 19.9 Å². The highest BCUT2D eigenvalue weighted by Gasteiger charge is 2.21. The van der Waals surface area contributed by atoms with Gasteiger partial charge < -0.3 is 5.32 Å². The Morgan fingerprint density at radius 3 is 2.73 bits per heavy atom. The van der Waals surface area contributed by atoms with Crippen LogP contribution in [-0.4, -0.2) is 20.5 Å². The van der Waals surface area contributed by atoms with Crippen LogP contribution in [0, 0.1) is 5.92 Å². The zero-order chi connectivity index (χ0) is 17.9. The molecule has 4 rings (SSSR count). The molecule has 1 fully saturated rings. The molecule has 0 unspecified atom stereocenters. The van der Waals surface area contributed by atoms with Crippen molar-refractivity contribution in [2.24, 2.45) is 5.92 Å². The van der Waals surface area contributed by atoms with Gasteiger partial charge in [0.15, 0.2) is 0 Å². The predicted molar refractivity (Wildman–Crippen MR) is 101 cm³/mol. The molecular formula is C19H20N4O2S. The van der Waals surface area contributed by atoms with Crippen molar-refractivity contribution in [3.8, 4) is 10.6 Å². The number of nitrogens with zero attached hydrogens (tertiary/aromatic N) is 3. The maximum absolute atomic E-state index is 12.3. The predicted octanol–water partition coefficient (Wildman–Crippen LogP) is 3.01. The van der Waals surface area contributed by atoms with Crippen molar-refractivity contribution in [1.29, 1.82) is 0 Å². The number of amides is 1. The molecule has 2 heterocycles. The van der Waals surface area contributed by atoms with Crippen LogP contribution in [0.4, 0.5) is 0 Å². The van der Waals surface area contributed by atoms with Gasteiger partial charge in [-0.1, -0.05) is 60.9 Å². The lowest BCUT2D eigenvalue weighted by Gasteiger charge is -2.20. The molecule has 0 radical (unpaired) electrons. The number of aromatic nitrogens is 3. The lowest BCUT2D eigenvalue weighted by Crippen LogP contribution is -2.32. The Balaban J connectivity index is 1.53. The molecule has 1 saturated carbocycles. The fourth-order valence-electron chi connectivity index (χ4n) is 3.33. The first-order valence-corrected chi connectivity index (χ1v) is 9.75. The smallest absolute Gasteiger partial charge is 0.275 e. The Hall–Kier alpha value is -2.54. The molecule has 26 heavy (non-hydrogen) atoms. The topological polar surface area (TPSA) is 76.4 Å². The molecule has 6 nitrogen and oxygen atoms in total. The zero-order valence-corrected chi connectivity index (χ0v) is 15.2. The first-order chi connectivity index (χ1) is 12.7. The number of nitrogens with one attached hydrogen (secondary N) is 1. The van der Waals surface area contributed by atoms with E-state index in [0.29, 0.717) is 10.7 Å². The average molecular weight is 368 g/mol. The summed E-state index contributed by atoms with van der Waals surface area (Å²) in [6.07, 6.45) is 5.36. The Kier molecular flexibility index (Phi) is 4.79. The van der Waals surface area contributed by atoms with E-state index in [4.69, 9.17) is 0 Å². The fraction of sp³-hybridized carbons (Fsp3) is 0.368. The number of benzene rings is 1. The highest BCUT2D eigenvalue weighted by molar-refractivity contribution is 7.19. The molecule has 1 N–H and O–H groups in total. The third kappa shape index (κ3) is 3.53. The Bertz CT molecular complexity index is 974. The molecule has 0 spiro atoms. The number of rotatable bonds is 4. The average Bonchev–Trinajstić information content (AvgIpc) is 3.12. The highest BCUT2D eigenvalue weighted by Crippen LogP contribution is 2.25. The van der Waals surface area contributed by atoms with Crippen molar-refractivity contribution in [2.45, 2.75) is 38.6 Å². The van der Waals surface area contributed by atoms with Crippen LogP contribution in [0.1, 0.15) is 37.8 Å². The van der Waals surface area contributed by atoms with Gasteiger partial charge in [0.25, 0.3) is 5.56 Å². The molecule has 134 valence electrons. The quantitative estimate of drug-likeness (QED) is 0.768. The zero-order valence-electron chi connectivity index (χ0n) is 14.4. The molecular weight excluding hydrogens is 348 g/mol. The maximum atomic E-state index is 12.3. The number of fused-ring (bicyclic) bond motifs is 1. The molecule has 1 amide bonds. The van der Waals surface area contributed by atoms with Crippen LogP contribution in [0.3, 0.4) is 0 Å². The van der Waals surface area contributed by atoms with E-state index in [2.05, 4.69) is 15.4 Å². The fourth-order valence-corrected chi connectivity index (χ4v) is 4.26. The van der Waals surface area contributed by atoms with Gasteiger partial charge in [-0.15, -0.1) is 0 Å². The summed E-state index contributed by atoms with van der Waals surface area (Å²) in [5.74, 6) is 0.169. The molecule has 0 saturated heterocycles. The normalized spacial score (nSPS) is 15.2. The van der Waals surface area contributed by atoms with E-state index in [-0.39, 0.29) is 23.9 Å². The number of hydrogen-bond donors (Lipinski definition) is 1. The van der Waals surface area contributed by atoms with Gasteiger partial charge in [-0.2, -0.15) is 9.61 Å². The summed E-state index contributed by atoms with van der Waals surface area (Å²) in [5.41, 5.74) is 1.30. The van der Waals surface area contributed by atoms with Gasteiger partial charge in [0, 0.05) is 17.5 Å². The van der Waals surface area contributed by atoms with Gasteiger partial charge >= 0.3 is 0 Å². The van der Waals surface area contributed by atoms with Crippen molar-refractivity contribution in [3.63, 3.8) is 0 Å². The second-order valence-corrected chi connectivity index (χ2v) is 7.56. The molecule has 1 aliphatic carbocycles. The van der Waals surface area contributed by atoms with E-state index in [1.54, 1.807) is 0 Å². The van der Waals surface area contributed by atoms with Gasteiger partial charge in [-0.3, -0.25) is 9.59 Å². The van der Waals surface area contributed by atoms with Gasteiger partial charge in [-0.05, 0) is 12.8 Å². The lowest BCUT2D eigenvalue weighted by molar-refractivity contribution is -0.126. The van der Waals surface area contributed by atoms with E-state index in [9.17, 15) is 9.59 Å². The largest absolute Gasteiger partial charge is 0.350 e. The van der Waals surface area contributed by atoms with Gasteiger partial charge in [0.1, 0.15) is 5.01 Å². The minimum absolute atomic E-state index is 0.0704. The van der Waals surface area contributed by atoms with Crippen LogP contribution in [0.5, 0.6) is 0 Å². The molecule has 3 aromatic rings. The van der Waals surface area contributed by atoms with Crippen LogP contribution >= 0.6 is 11.3 Å². The standard InChI is InChI=1S/C19H20N4O2S/c24-16-11-15(12-20-17(25)13-7-3-1-4-8-13)21-19-23(16)22-18(26-19)14-9-5-2-6-10-14/h2,5-6,9-11,13H,1,3-4,7-8,12H2,(H,20,25). The van der Waals surface area contributed by atoms with Gasteiger partial charge in [0.05, 0.1) is 12.2 Å². The van der Waals surface area contributed by atoms with Crippen LogP contribution in [0.2, 0.25) is 0 Å². The summed E-state index contributed by atoms with van der Waals surface area (Å²) in [6, 6.07) is 11.2. The van der Waals surface area contributed by atoms with Crippen molar-refractivity contribution in [3.05, 3.63) is 52.4 Å². The molecule has 0 bridgehead atoms. The molecule has 1 aliphatic rings. The number of hydrogen-bond acceptors (Lipinski definition) is 5. The molecule has 0 atom stereocenters. The minimum Gasteiger partial charge on any atom is -0.350 e. The third-order valence-electron chi connectivity index (χ3n) is 4.74. The maximum Gasteiger partial charge on any atom is 0.275 e. The van der Waals surface area contributed by atoms with Crippen LogP contribution < -0.4 is 10.9 Å². The first kappa shape index (κ1) is 16.9. The summed E-state index contributed by atoms with van der Waals surface area (Å²) in [6.45, 7) is 0.277. The van der Waals surface area contributed by atoms with E-state index < -0.39 is 0 Å². The molecule has 0 aliphatic heterocycles. The number of carbonyl (C=O) groups is 1. The second-order valence-electron chi connectivity index (χ2n) is 6.61. The Labute approximate surface area is 154 Å². The van der Waals surface area contributed by atoms with Crippen LogP contribution in [0.15, 0.2) is 41.2 Å². The Morgan fingerprint density at radius 1 is 1.19 bits per heavy atom. The van der Waals surface area contributed by atoms with Crippen LogP contribution in [-0.2, 0) is 11.3 Å². The molecule has 1 aromatic carbocycles. The monoisotopic (exact) mass is 368 g/mol. The van der Waals surface area contributed by atoms with Gasteiger partial charge in [0.2, 0.25) is 10.9 Å². The number of carbonyl (C=O) groups excluding carboxylic acids is 1. The summed E-state index contributed by atoms with van der Waals surface area (Å²) in [7, 11) is 0. The van der Waals surface area contributed by atoms with Gasteiger partial charge in [-0.25, -0.2) is 4.98 Å². The summed E-state index contributed by atoms with van der Waals surface area (Å²) in [4.78, 5) is 29.7. The van der Waals surface area contributed by atoms with Crippen molar-refractivity contribution in [2.75, 3.05) is 0 Å². The molecule has 7 heteroatoms.